The average Bonchev–Trinajstić information content (AvgIpc) is 2.61. The van der Waals surface area contributed by atoms with E-state index in [0.29, 0.717) is 17.5 Å². The van der Waals surface area contributed by atoms with Crippen molar-refractivity contribution in [2.45, 2.75) is 13.3 Å². The van der Waals surface area contributed by atoms with E-state index in [1.807, 2.05) is 6.92 Å². The molecule has 0 aliphatic rings. The van der Waals surface area contributed by atoms with Crippen molar-refractivity contribution in [2.75, 3.05) is 24.5 Å². The molecule has 142 valence electrons. The largest absolute Gasteiger partial charge is 0.394 e. The van der Waals surface area contributed by atoms with E-state index in [4.69, 9.17) is 14.9 Å². The highest BCUT2D eigenvalue weighted by molar-refractivity contribution is 9.10. The van der Waals surface area contributed by atoms with E-state index in [1.54, 1.807) is 24.3 Å². The first-order valence-electron chi connectivity index (χ1n) is 7.75. The minimum absolute atomic E-state index is 0.0176. The van der Waals surface area contributed by atoms with Gasteiger partial charge in [0.1, 0.15) is 12.9 Å². The van der Waals surface area contributed by atoms with E-state index in [9.17, 15) is 8.42 Å². The fourth-order valence-electron chi connectivity index (χ4n) is 1.92. The van der Waals surface area contributed by atoms with Gasteiger partial charge >= 0.3 is 0 Å². The van der Waals surface area contributed by atoms with Crippen LogP contribution in [0.4, 0.5) is 5.82 Å². The molecule has 3 N–H and O–H groups in total. The zero-order valence-electron chi connectivity index (χ0n) is 14.0. The predicted octanol–water partition coefficient (Wildman–Crippen LogP) is 1.87. The highest BCUT2D eigenvalue weighted by atomic mass is 79.9. The fraction of sp³-hybridized carbons (Fsp3) is 0.333. The number of rotatable bonds is 10. The van der Waals surface area contributed by atoms with Crippen LogP contribution < -0.4 is 14.3 Å². The Bertz CT molecular complexity index is 817. The molecule has 0 atom stereocenters. The maximum atomic E-state index is 12.2. The number of nitrogens with one attached hydrogen (secondary N) is 2. The molecular formula is C15H19BrN4O5S. The highest BCUT2D eigenvalue weighted by Gasteiger charge is 2.20. The molecule has 0 aliphatic heterocycles. The second kappa shape index (κ2) is 9.78. The first kappa shape index (κ1) is 20.5. The molecule has 0 aliphatic carbocycles. The molecule has 1 heterocycles. The lowest BCUT2D eigenvalue weighted by Crippen LogP contribution is -2.31. The van der Waals surface area contributed by atoms with Crippen LogP contribution in [-0.4, -0.2) is 43.3 Å². The van der Waals surface area contributed by atoms with Crippen LogP contribution in [0.5, 0.6) is 5.88 Å². The van der Waals surface area contributed by atoms with Crippen LogP contribution in [-0.2, 0) is 15.1 Å². The van der Waals surface area contributed by atoms with Gasteiger partial charge in [-0.3, -0.25) is 4.72 Å². The molecule has 0 amide bonds. The standard InChI is InChI=1S/C15H19BrN4O5S/c1-2-7-19-26(22,23)20-14-13(11-3-5-12(16)6-4-11)15(18-10-17-14)25-24-9-8-21/h3-6,10,19,21H,2,7-9H2,1H3,(H,17,18,20). The van der Waals surface area contributed by atoms with Gasteiger partial charge in [-0.05, 0) is 24.1 Å². The summed E-state index contributed by atoms with van der Waals surface area (Å²) in [6.45, 7) is 1.84. The summed E-state index contributed by atoms with van der Waals surface area (Å²) in [7, 11) is -3.81. The molecular weight excluding hydrogens is 428 g/mol. The molecule has 0 saturated heterocycles. The van der Waals surface area contributed by atoms with Gasteiger partial charge in [0.05, 0.1) is 12.2 Å². The van der Waals surface area contributed by atoms with Crippen molar-refractivity contribution < 1.29 is 23.3 Å². The molecule has 0 fully saturated rings. The predicted molar refractivity (Wildman–Crippen MR) is 99.7 cm³/mol. The van der Waals surface area contributed by atoms with Crippen molar-refractivity contribution in [3.05, 3.63) is 35.1 Å². The molecule has 0 saturated carbocycles. The maximum absolute atomic E-state index is 12.2. The Morgan fingerprint density at radius 2 is 1.96 bits per heavy atom. The number of nitrogens with zero attached hydrogens (tertiary/aromatic N) is 2. The summed E-state index contributed by atoms with van der Waals surface area (Å²) in [5.74, 6) is 0.0532. The Morgan fingerprint density at radius 3 is 2.62 bits per heavy atom. The van der Waals surface area contributed by atoms with Gasteiger partial charge in [0.2, 0.25) is 0 Å². The van der Waals surface area contributed by atoms with Crippen LogP contribution in [0.25, 0.3) is 11.1 Å². The smallest absolute Gasteiger partial charge is 0.300 e. The minimum Gasteiger partial charge on any atom is -0.394 e. The van der Waals surface area contributed by atoms with Gasteiger partial charge in [0.15, 0.2) is 5.82 Å². The van der Waals surface area contributed by atoms with Crippen LogP contribution in [0.2, 0.25) is 0 Å². The van der Waals surface area contributed by atoms with Crippen LogP contribution >= 0.6 is 15.9 Å². The molecule has 0 radical (unpaired) electrons. The first-order valence-corrected chi connectivity index (χ1v) is 10.0. The first-order chi connectivity index (χ1) is 12.5. The minimum atomic E-state index is -3.81. The Labute approximate surface area is 160 Å². The van der Waals surface area contributed by atoms with Crippen molar-refractivity contribution in [3.8, 4) is 17.0 Å². The van der Waals surface area contributed by atoms with Gasteiger partial charge in [-0.1, -0.05) is 35.0 Å². The van der Waals surface area contributed by atoms with Crippen LogP contribution in [0, 0.1) is 0 Å². The van der Waals surface area contributed by atoms with Crippen LogP contribution in [0.15, 0.2) is 35.1 Å². The fourth-order valence-corrected chi connectivity index (χ4v) is 3.14. The summed E-state index contributed by atoms with van der Waals surface area (Å²) in [5, 5.41) is 8.81. The quantitative estimate of drug-likeness (QED) is 0.289. The SMILES string of the molecule is CCCNS(=O)(=O)Nc1ncnc(OOCCO)c1-c1ccc(Br)cc1. The van der Waals surface area contributed by atoms with Crippen molar-refractivity contribution in [1.29, 1.82) is 0 Å². The average molecular weight is 447 g/mol. The van der Waals surface area contributed by atoms with Crippen molar-refractivity contribution in [3.63, 3.8) is 0 Å². The van der Waals surface area contributed by atoms with E-state index in [0.717, 1.165) is 10.8 Å². The molecule has 2 aromatic rings. The van der Waals surface area contributed by atoms with Gasteiger partial charge in [0.25, 0.3) is 16.1 Å². The number of benzene rings is 1. The van der Waals surface area contributed by atoms with E-state index in [1.165, 1.54) is 0 Å². The van der Waals surface area contributed by atoms with Crippen molar-refractivity contribution >= 4 is 32.0 Å². The second-order valence-corrected chi connectivity index (χ2v) is 7.45. The normalized spacial score (nSPS) is 11.3. The second-order valence-electron chi connectivity index (χ2n) is 5.04. The lowest BCUT2D eigenvalue weighted by Gasteiger charge is -2.14. The lowest BCUT2D eigenvalue weighted by molar-refractivity contribution is -0.214. The summed E-state index contributed by atoms with van der Waals surface area (Å²) < 4.78 is 30.0. The zero-order chi connectivity index (χ0) is 19.0. The zero-order valence-corrected chi connectivity index (χ0v) is 16.4. The number of anilines is 1. The third-order valence-corrected chi connectivity index (χ3v) is 4.61. The molecule has 11 heteroatoms. The number of hydrogen-bond acceptors (Lipinski definition) is 7. The summed E-state index contributed by atoms with van der Waals surface area (Å²) in [4.78, 5) is 18.0. The molecule has 2 rings (SSSR count). The Kier molecular flexibility index (Phi) is 7.72. The van der Waals surface area contributed by atoms with Gasteiger partial charge < -0.3 is 9.99 Å². The third-order valence-electron chi connectivity index (χ3n) is 3.03. The topological polar surface area (TPSA) is 123 Å². The number of halogens is 1. The summed E-state index contributed by atoms with van der Waals surface area (Å²) >= 11 is 3.35. The molecule has 9 nitrogen and oxygen atoms in total. The van der Waals surface area contributed by atoms with E-state index < -0.39 is 10.2 Å². The molecule has 1 aromatic heterocycles. The lowest BCUT2D eigenvalue weighted by atomic mass is 10.1. The number of aromatic nitrogens is 2. The number of aliphatic hydroxyl groups is 1. The maximum Gasteiger partial charge on any atom is 0.300 e. The molecule has 0 bridgehead atoms. The summed E-state index contributed by atoms with van der Waals surface area (Å²) in [6, 6.07) is 7.07. The van der Waals surface area contributed by atoms with Gasteiger partial charge in [-0.15, -0.1) is 0 Å². The van der Waals surface area contributed by atoms with E-state index in [-0.39, 0.29) is 31.5 Å². The highest BCUT2D eigenvalue weighted by Crippen LogP contribution is 2.34. The van der Waals surface area contributed by atoms with Crippen molar-refractivity contribution in [2.24, 2.45) is 0 Å². The molecule has 1 aromatic carbocycles. The van der Waals surface area contributed by atoms with Gasteiger partial charge in [-0.2, -0.15) is 23.0 Å². The monoisotopic (exact) mass is 446 g/mol. The van der Waals surface area contributed by atoms with E-state index in [2.05, 4.69) is 35.3 Å². The Balaban J connectivity index is 2.43. The number of aliphatic hydroxyl groups excluding tert-OH is 1. The van der Waals surface area contributed by atoms with Crippen molar-refractivity contribution in [1.82, 2.24) is 14.7 Å². The molecule has 0 unspecified atom stereocenters. The number of hydrogen-bond donors (Lipinski definition) is 3. The molecule has 26 heavy (non-hydrogen) atoms. The van der Waals surface area contributed by atoms with Gasteiger partial charge in [-0.25, -0.2) is 4.98 Å². The van der Waals surface area contributed by atoms with Gasteiger partial charge in [0, 0.05) is 11.0 Å². The summed E-state index contributed by atoms with van der Waals surface area (Å²) in [5.41, 5.74) is 0.921. The van der Waals surface area contributed by atoms with Crippen LogP contribution in [0.3, 0.4) is 0 Å². The van der Waals surface area contributed by atoms with Crippen LogP contribution in [0.1, 0.15) is 13.3 Å². The Hall–Kier alpha value is -1.79. The third kappa shape index (κ3) is 5.88. The van der Waals surface area contributed by atoms with E-state index >= 15 is 0 Å². The summed E-state index contributed by atoms with van der Waals surface area (Å²) in [6.07, 6.45) is 1.80. The molecule has 0 spiro atoms. The Morgan fingerprint density at radius 1 is 1.23 bits per heavy atom.